The van der Waals surface area contributed by atoms with Crippen LogP contribution in [-0.4, -0.2) is 27.1 Å². The zero-order chi connectivity index (χ0) is 16.7. The third kappa shape index (κ3) is 6.03. The molecule has 5 heteroatoms. The predicted molar refractivity (Wildman–Crippen MR) is 114 cm³/mol. The summed E-state index contributed by atoms with van der Waals surface area (Å²) in [6.07, 6.45) is 0. The van der Waals surface area contributed by atoms with Crippen LogP contribution in [0.4, 0.5) is 5.69 Å². The van der Waals surface area contributed by atoms with Crippen molar-refractivity contribution in [2.75, 3.05) is 26.0 Å². The molecule has 24 heavy (non-hydrogen) atoms. The molecule has 130 valence electrons. The lowest BCUT2D eigenvalue weighted by molar-refractivity contribution is 0.806. The van der Waals surface area contributed by atoms with Crippen LogP contribution in [0.25, 0.3) is 0 Å². The summed E-state index contributed by atoms with van der Waals surface area (Å²) in [5, 5.41) is 6.71. The molecule has 0 radical (unpaired) electrons. The van der Waals surface area contributed by atoms with Crippen LogP contribution in [0.2, 0.25) is 0 Å². The number of aryl methyl sites for hydroxylation is 1. The molecule has 0 aromatic heterocycles. The Labute approximate surface area is 162 Å². The molecule has 0 spiro atoms. The van der Waals surface area contributed by atoms with Gasteiger partial charge in [0.15, 0.2) is 5.96 Å². The van der Waals surface area contributed by atoms with Crippen molar-refractivity contribution < 1.29 is 0 Å². The van der Waals surface area contributed by atoms with E-state index in [-0.39, 0.29) is 24.0 Å². The number of hydrogen-bond donors (Lipinski definition) is 2. The van der Waals surface area contributed by atoms with Gasteiger partial charge in [-0.25, -0.2) is 0 Å². The van der Waals surface area contributed by atoms with Gasteiger partial charge in [0.05, 0.1) is 0 Å². The number of rotatable bonds is 5. The Morgan fingerprint density at radius 1 is 0.958 bits per heavy atom. The van der Waals surface area contributed by atoms with Crippen LogP contribution in [0, 0.1) is 6.92 Å². The Morgan fingerprint density at radius 2 is 1.58 bits per heavy atom. The highest BCUT2D eigenvalue weighted by atomic mass is 127. The Balaban J connectivity index is 0.00000288. The molecule has 0 saturated heterocycles. The highest BCUT2D eigenvalue weighted by Gasteiger charge is 2.01. The van der Waals surface area contributed by atoms with E-state index >= 15 is 0 Å². The van der Waals surface area contributed by atoms with E-state index in [0.717, 1.165) is 19.0 Å². The average Bonchev–Trinajstić information content (AvgIpc) is 2.57. The zero-order valence-electron chi connectivity index (χ0n) is 14.8. The number of aliphatic imine (C=N–C) groups is 1. The molecule has 0 saturated carbocycles. The van der Waals surface area contributed by atoms with E-state index in [1.807, 2.05) is 14.1 Å². The quantitative estimate of drug-likeness (QED) is 0.426. The summed E-state index contributed by atoms with van der Waals surface area (Å²) >= 11 is 0. The Morgan fingerprint density at radius 3 is 2.17 bits per heavy atom. The highest BCUT2D eigenvalue weighted by molar-refractivity contribution is 14.0. The van der Waals surface area contributed by atoms with E-state index in [0.29, 0.717) is 0 Å². The van der Waals surface area contributed by atoms with Crippen molar-refractivity contribution in [2.45, 2.75) is 20.0 Å². The third-order valence-electron chi connectivity index (χ3n) is 3.84. The van der Waals surface area contributed by atoms with Crippen molar-refractivity contribution >= 4 is 35.6 Å². The van der Waals surface area contributed by atoms with Crippen LogP contribution < -0.4 is 15.5 Å². The Kier molecular flexibility index (Phi) is 8.60. The molecule has 2 rings (SSSR count). The minimum Gasteiger partial charge on any atom is -0.378 e. The number of halogens is 1. The van der Waals surface area contributed by atoms with Crippen molar-refractivity contribution in [3.8, 4) is 0 Å². The summed E-state index contributed by atoms with van der Waals surface area (Å²) in [4.78, 5) is 6.38. The number of anilines is 1. The van der Waals surface area contributed by atoms with Crippen LogP contribution in [0.3, 0.4) is 0 Å². The molecule has 0 bridgehead atoms. The van der Waals surface area contributed by atoms with Gasteiger partial charge in [0.25, 0.3) is 0 Å². The van der Waals surface area contributed by atoms with Gasteiger partial charge < -0.3 is 15.5 Å². The first kappa shape index (κ1) is 20.3. The SMILES string of the molecule is CN=C(NCc1ccc(N(C)C)cc1)NCc1ccccc1C.I. The summed E-state index contributed by atoms with van der Waals surface area (Å²) in [5.74, 6) is 0.810. The maximum atomic E-state index is 4.28. The average molecular weight is 438 g/mol. The van der Waals surface area contributed by atoms with Gasteiger partial charge in [0.2, 0.25) is 0 Å². The van der Waals surface area contributed by atoms with E-state index in [4.69, 9.17) is 0 Å². The van der Waals surface area contributed by atoms with Crippen LogP contribution in [-0.2, 0) is 13.1 Å². The molecule has 0 amide bonds. The molecule has 0 unspecified atom stereocenters. The second kappa shape index (κ2) is 10.2. The van der Waals surface area contributed by atoms with E-state index in [2.05, 4.69) is 76.0 Å². The fourth-order valence-corrected chi connectivity index (χ4v) is 2.31. The summed E-state index contributed by atoms with van der Waals surface area (Å²) in [6, 6.07) is 16.9. The molecular formula is C19H27IN4. The molecule has 0 atom stereocenters. The normalized spacial score (nSPS) is 10.8. The fourth-order valence-electron chi connectivity index (χ4n) is 2.31. The molecule has 0 aliphatic rings. The van der Waals surface area contributed by atoms with E-state index in [1.165, 1.54) is 22.4 Å². The van der Waals surface area contributed by atoms with Crippen molar-refractivity contribution in [2.24, 2.45) is 4.99 Å². The molecule has 2 N–H and O–H groups in total. The Hall–Kier alpha value is -1.76. The molecular weight excluding hydrogens is 411 g/mol. The smallest absolute Gasteiger partial charge is 0.191 e. The van der Waals surface area contributed by atoms with Crippen LogP contribution in [0.5, 0.6) is 0 Å². The van der Waals surface area contributed by atoms with Gasteiger partial charge in [0, 0.05) is 39.9 Å². The lowest BCUT2D eigenvalue weighted by Gasteiger charge is -2.15. The topological polar surface area (TPSA) is 39.7 Å². The fraction of sp³-hybridized carbons (Fsp3) is 0.316. The number of nitrogens with one attached hydrogen (secondary N) is 2. The number of hydrogen-bond acceptors (Lipinski definition) is 2. The second-order valence-corrected chi connectivity index (χ2v) is 5.77. The van der Waals surface area contributed by atoms with Crippen molar-refractivity contribution in [1.82, 2.24) is 10.6 Å². The first-order valence-corrected chi connectivity index (χ1v) is 7.85. The van der Waals surface area contributed by atoms with Crippen LogP contribution in [0.1, 0.15) is 16.7 Å². The zero-order valence-corrected chi connectivity index (χ0v) is 17.2. The molecule has 0 fully saturated rings. The highest BCUT2D eigenvalue weighted by Crippen LogP contribution is 2.12. The van der Waals surface area contributed by atoms with E-state index in [1.54, 1.807) is 7.05 Å². The van der Waals surface area contributed by atoms with Gasteiger partial charge in [-0.05, 0) is 35.7 Å². The van der Waals surface area contributed by atoms with Gasteiger partial charge in [-0.3, -0.25) is 4.99 Å². The van der Waals surface area contributed by atoms with Crippen molar-refractivity contribution in [3.63, 3.8) is 0 Å². The lowest BCUT2D eigenvalue weighted by Crippen LogP contribution is -2.36. The maximum Gasteiger partial charge on any atom is 0.191 e. The number of benzene rings is 2. The standard InChI is InChI=1S/C19H26N4.HI/c1-15-7-5-6-8-17(15)14-22-19(20-2)21-13-16-9-11-18(12-10-16)23(3)4;/h5-12H,13-14H2,1-4H3,(H2,20,21,22);1H. The molecule has 2 aromatic rings. The molecule has 4 nitrogen and oxygen atoms in total. The molecule has 2 aromatic carbocycles. The molecule has 0 heterocycles. The first-order valence-electron chi connectivity index (χ1n) is 7.85. The van der Waals surface area contributed by atoms with Gasteiger partial charge in [-0.15, -0.1) is 24.0 Å². The minimum absolute atomic E-state index is 0. The number of guanidine groups is 1. The Bertz CT molecular complexity index is 651. The van der Waals surface area contributed by atoms with Crippen LogP contribution in [0.15, 0.2) is 53.5 Å². The largest absolute Gasteiger partial charge is 0.378 e. The summed E-state index contributed by atoms with van der Waals surface area (Å²) in [5.41, 5.74) is 5.01. The molecule has 0 aliphatic carbocycles. The third-order valence-corrected chi connectivity index (χ3v) is 3.84. The monoisotopic (exact) mass is 438 g/mol. The predicted octanol–water partition coefficient (Wildman–Crippen LogP) is 3.54. The van der Waals surface area contributed by atoms with Gasteiger partial charge in [-0.2, -0.15) is 0 Å². The van der Waals surface area contributed by atoms with Crippen molar-refractivity contribution in [1.29, 1.82) is 0 Å². The van der Waals surface area contributed by atoms with Crippen molar-refractivity contribution in [3.05, 3.63) is 65.2 Å². The second-order valence-electron chi connectivity index (χ2n) is 5.77. The lowest BCUT2D eigenvalue weighted by atomic mass is 10.1. The minimum atomic E-state index is 0. The maximum absolute atomic E-state index is 4.28. The number of nitrogens with zero attached hydrogens (tertiary/aromatic N) is 2. The summed E-state index contributed by atoms with van der Waals surface area (Å²) < 4.78 is 0. The first-order chi connectivity index (χ1) is 11.1. The van der Waals surface area contributed by atoms with Gasteiger partial charge in [0.1, 0.15) is 0 Å². The van der Waals surface area contributed by atoms with Gasteiger partial charge >= 0.3 is 0 Å². The van der Waals surface area contributed by atoms with E-state index in [9.17, 15) is 0 Å². The summed E-state index contributed by atoms with van der Waals surface area (Å²) in [7, 11) is 5.89. The van der Waals surface area contributed by atoms with E-state index < -0.39 is 0 Å². The van der Waals surface area contributed by atoms with Gasteiger partial charge in [-0.1, -0.05) is 36.4 Å². The molecule has 0 aliphatic heterocycles. The van der Waals surface area contributed by atoms with Crippen LogP contribution >= 0.6 is 24.0 Å². The summed E-state index contributed by atoms with van der Waals surface area (Å²) in [6.45, 7) is 3.65.